The summed E-state index contributed by atoms with van der Waals surface area (Å²) in [6, 6.07) is 4.96. The van der Waals surface area contributed by atoms with Crippen LogP contribution < -0.4 is 11.1 Å². The molecule has 1 atom stereocenters. The van der Waals surface area contributed by atoms with Crippen molar-refractivity contribution in [2.75, 3.05) is 40.0 Å². The zero-order valence-electron chi connectivity index (χ0n) is 15.6. The van der Waals surface area contributed by atoms with Gasteiger partial charge < -0.3 is 25.5 Å². The van der Waals surface area contributed by atoms with Crippen molar-refractivity contribution in [1.29, 1.82) is 0 Å². The first-order chi connectivity index (χ1) is 13.8. The van der Waals surface area contributed by atoms with Crippen LogP contribution in [0.15, 0.2) is 27.6 Å². The Hall–Kier alpha value is -1.99. The first-order valence-corrected chi connectivity index (χ1v) is 11.0. The number of aromatic amines is 1. The quantitative estimate of drug-likeness (QED) is 0.474. The average Bonchev–Trinajstić information content (AvgIpc) is 3.08. The zero-order chi connectivity index (χ0) is 21.2. The van der Waals surface area contributed by atoms with E-state index in [1.807, 2.05) is 0 Å². The first kappa shape index (κ1) is 21.7. The summed E-state index contributed by atoms with van der Waals surface area (Å²) < 4.78 is 38.9. The Balaban J connectivity index is 1.94. The smallest absolute Gasteiger partial charge is 0.266 e. The van der Waals surface area contributed by atoms with Gasteiger partial charge in [-0.2, -0.15) is 4.31 Å². The Morgan fingerprint density at radius 3 is 2.90 bits per heavy atom. The number of amides is 2. The number of primary amides is 1. The van der Waals surface area contributed by atoms with Gasteiger partial charge in [0, 0.05) is 42.1 Å². The third-order valence-electron chi connectivity index (χ3n) is 4.48. The lowest BCUT2D eigenvalue weighted by Crippen LogP contribution is -2.52. The van der Waals surface area contributed by atoms with Gasteiger partial charge >= 0.3 is 0 Å². The molecule has 1 unspecified atom stereocenters. The number of carbonyl (C=O) groups excluding carboxylic acids is 2. The van der Waals surface area contributed by atoms with Gasteiger partial charge in [0.2, 0.25) is 10.0 Å². The summed E-state index contributed by atoms with van der Waals surface area (Å²) in [6.07, 6.45) is -0.968. The number of morpholine rings is 1. The predicted octanol–water partition coefficient (Wildman–Crippen LogP) is 0.181. The van der Waals surface area contributed by atoms with Crippen molar-refractivity contribution in [3.05, 3.63) is 28.4 Å². The van der Waals surface area contributed by atoms with Crippen molar-refractivity contribution in [3.63, 3.8) is 0 Å². The number of H-pyrrole nitrogens is 1. The molecule has 1 aliphatic rings. The van der Waals surface area contributed by atoms with Crippen molar-refractivity contribution >= 4 is 48.7 Å². The number of benzene rings is 1. The lowest BCUT2D eigenvalue weighted by Gasteiger charge is -2.31. The van der Waals surface area contributed by atoms with Gasteiger partial charge in [0.05, 0.1) is 13.2 Å². The number of nitrogens with one attached hydrogen (secondary N) is 2. The molecule has 29 heavy (non-hydrogen) atoms. The molecule has 10 nitrogen and oxygen atoms in total. The number of halogens is 1. The van der Waals surface area contributed by atoms with Crippen LogP contribution in [-0.4, -0.2) is 75.6 Å². The molecule has 1 aromatic heterocycles. The van der Waals surface area contributed by atoms with Gasteiger partial charge in [0.15, 0.2) is 0 Å². The normalized spacial score (nSPS) is 18.1. The summed E-state index contributed by atoms with van der Waals surface area (Å²) in [5.41, 5.74) is 5.68. The summed E-state index contributed by atoms with van der Waals surface area (Å²) in [6.45, 7) is 0.513. The fourth-order valence-electron chi connectivity index (χ4n) is 3.10. The van der Waals surface area contributed by atoms with E-state index < -0.39 is 27.9 Å². The maximum absolute atomic E-state index is 13.4. The van der Waals surface area contributed by atoms with Crippen molar-refractivity contribution in [3.8, 4) is 0 Å². The number of rotatable bonds is 7. The highest BCUT2D eigenvalue weighted by Crippen LogP contribution is 2.32. The molecule has 1 saturated heterocycles. The van der Waals surface area contributed by atoms with E-state index in [0.29, 0.717) is 22.0 Å². The number of nitrogens with two attached hydrogens (primary N) is 1. The SMILES string of the molecule is COCCNC(=O)C1CN(S(=O)(=O)c2c(C(N)=O)[nH]c3ccc(Br)cc23)CCO1. The van der Waals surface area contributed by atoms with Crippen molar-refractivity contribution in [2.24, 2.45) is 5.73 Å². The molecule has 2 heterocycles. The monoisotopic (exact) mass is 488 g/mol. The van der Waals surface area contributed by atoms with E-state index in [2.05, 4.69) is 26.2 Å². The summed E-state index contributed by atoms with van der Waals surface area (Å²) in [4.78, 5) is 26.8. The van der Waals surface area contributed by atoms with Gasteiger partial charge in [-0.15, -0.1) is 0 Å². The maximum Gasteiger partial charge on any atom is 0.266 e. The minimum Gasteiger partial charge on any atom is -0.383 e. The first-order valence-electron chi connectivity index (χ1n) is 8.75. The molecule has 0 saturated carbocycles. The number of methoxy groups -OCH3 is 1. The molecule has 158 valence electrons. The second kappa shape index (κ2) is 8.79. The van der Waals surface area contributed by atoms with Crippen LogP contribution in [0.25, 0.3) is 10.9 Å². The van der Waals surface area contributed by atoms with Crippen molar-refractivity contribution in [1.82, 2.24) is 14.6 Å². The number of fused-ring (bicyclic) bond motifs is 1. The molecule has 2 amide bonds. The van der Waals surface area contributed by atoms with Gasteiger partial charge in [0.1, 0.15) is 16.7 Å². The molecule has 1 aliphatic heterocycles. The summed E-state index contributed by atoms with van der Waals surface area (Å²) in [7, 11) is -2.63. The number of hydrogen-bond acceptors (Lipinski definition) is 6. The molecule has 1 fully saturated rings. The maximum atomic E-state index is 13.4. The third-order valence-corrected chi connectivity index (χ3v) is 6.93. The van der Waals surface area contributed by atoms with Crippen LogP contribution in [0.1, 0.15) is 10.5 Å². The Morgan fingerprint density at radius 2 is 2.21 bits per heavy atom. The fraction of sp³-hybridized carbons (Fsp3) is 0.412. The summed E-state index contributed by atoms with van der Waals surface area (Å²) >= 11 is 3.31. The summed E-state index contributed by atoms with van der Waals surface area (Å²) in [5.74, 6) is -1.32. The number of ether oxygens (including phenoxy) is 2. The van der Waals surface area contributed by atoms with E-state index in [1.54, 1.807) is 18.2 Å². The van der Waals surface area contributed by atoms with Gasteiger partial charge in [0.25, 0.3) is 11.8 Å². The Morgan fingerprint density at radius 1 is 1.45 bits per heavy atom. The highest BCUT2D eigenvalue weighted by Gasteiger charge is 2.37. The van der Waals surface area contributed by atoms with E-state index in [9.17, 15) is 18.0 Å². The molecule has 0 aliphatic carbocycles. The largest absolute Gasteiger partial charge is 0.383 e. The van der Waals surface area contributed by atoms with E-state index >= 15 is 0 Å². The topological polar surface area (TPSA) is 144 Å². The molecule has 12 heteroatoms. The van der Waals surface area contributed by atoms with E-state index in [0.717, 1.165) is 4.31 Å². The van der Waals surface area contributed by atoms with Gasteiger partial charge in [-0.05, 0) is 18.2 Å². The molecule has 3 rings (SSSR count). The predicted molar refractivity (Wildman–Crippen MR) is 108 cm³/mol. The van der Waals surface area contributed by atoms with E-state index in [1.165, 1.54) is 7.11 Å². The molecule has 4 N–H and O–H groups in total. The molecule has 0 bridgehead atoms. The minimum absolute atomic E-state index is 0.0412. The Bertz CT molecular complexity index is 1040. The zero-order valence-corrected chi connectivity index (χ0v) is 18.0. The molecule has 0 spiro atoms. The lowest BCUT2D eigenvalue weighted by atomic mass is 10.2. The standard InChI is InChI=1S/C17H21BrN4O6S/c1-27-6-4-20-17(24)13-9-22(5-7-28-13)29(25,26)15-11-8-10(18)2-3-12(11)21-14(15)16(19)23/h2-3,8,13,21H,4-7,9H2,1H3,(H2,19,23)(H,20,24). The second-order valence-electron chi connectivity index (χ2n) is 6.39. The van der Waals surface area contributed by atoms with Gasteiger partial charge in [-0.1, -0.05) is 15.9 Å². The van der Waals surface area contributed by atoms with Crippen LogP contribution in [0.5, 0.6) is 0 Å². The summed E-state index contributed by atoms with van der Waals surface area (Å²) in [5, 5.41) is 2.96. The van der Waals surface area contributed by atoms with Crippen LogP contribution in [-0.2, 0) is 24.3 Å². The Kier molecular flexibility index (Phi) is 6.58. The van der Waals surface area contributed by atoms with Crippen molar-refractivity contribution < 1.29 is 27.5 Å². The highest BCUT2D eigenvalue weighted by atomic mass is 79.9. The average molecular weight is 489 g/mol. The number of hydrogen-bond donors (Lipinski definition) is 3. The number of carbonyl (C=O) groups is 2. The van der Waals surface area contributed by atoms with Gasteiger partial charge in [-0.3, -0.25) is 9.59 Å². The number of aromatic nitrogens is 1. The van der Waals surface area contributed by atoms with E-state index in [-0.39, 0.29) is 36.8 Å². The number of nitrogens with zero attached hydrogens (tertiary/aromatic N) is 1. The molecular formula is C17H21BrN4O6S. The lowest BCUT2D eigenvalue weighted by molar-refractivity contribution is -0.136. The molecule has 1 aromatic carbocycles. The third kappa shape index (κ3) is 4.46. The van der Waals surface area contributed by atoms with Crippen LogP contribution in [0.4, 0.5) is 0 Å². The second-order valence-corrected chi connectivity index (χ2v) is 9.18. The van der Waals surface area contributed by atoms with E-state index in [4.69, 9.17) is 15.2 Å². The molecule has 2 aromatic rings. The molecular weight excluding hydrogens is 468 g/mol. The highest BCUT2D eigenvalue weighted by molar-refractivity contribution is 9.10. The van der Waals surface area contributed by atoms with Crippen molar-refractivity contribution in [2.45, 2.75) is 11.0 Å². The van der Waals surface area contributed by atoms with Gasteiger partial charge in [-0.25, -0.2) is 8.42 Å². The minimum atomic E-state index is -4.13. The number of sulfonamides is 1. The fourth-order valence-corrected chi connectivity index (χ4v) is 5.22. The van der Waals surface area contributed by atoms with Crippen LogP contribution in [0, 0.1) is 0 Å². The van der Waals surface area contributed by atoms with Crippen LogP contribution in [0.2, 0.25) is 0 Å². The Labute approximate surface area is 175 Å². The van der Waals surface area contributed by atoms with Crippen LogP contribution >= 0.6 is 15.9 Å². The van der Waals surface area contributed by atoms with Crippen LogP contribution in [0.3, 0.4) is 0 Å². The molecule has 0 radical (unpaired) electrons.